The minimum atomic E-state index is -1.68. The molecule has 0 aliphatic rings. The van der Waals surface area contributed by atoms with Crippen LogP contribution in [0.5, 0.6) is 0 Å². The topological polar surface area (TPSA) is 84.9 Å². The van der Waals surface area contributed by atoms with Gasteiger partial charge in [-0.15, -0.1) is 5.10 Å². The normalized spacial score (nSPS) is 13.3. The van der Waals surface area contributed by atoms with Gasteiger partial charge in [-0.3, -0.25) is 4.90 Å². The van der Waals surface area contributed by atoms with E-state index in [0.717, 1.165) is 36.2 Å². The van der Waals surface area contributed by atoms with Crippen molar-refractivity contribution in [1.82, 2.24) is 34.7 Å². The highest BCUT2D eigenvalue weighted by molar-refractivity contribution is 5.26. The Kier molecular flexibility index (Phi) is 8.17. The van der Waals surface area contributed by atoms with Crippen LogP contribution in [0.4, 0.5) is 8.78 Å². The zero-order chi connectivity index (χ0) is 25.5. The summed E-state index contributed by atoms with van der Waals surface area (Å²) in [5.41, 5.74) is 1.37. The second-order valence-corrected chi connectivity index (χ2v) is 9.21. The van der Waals surface area contributed by atoms with Crippen molar-refractivity contribution in [2.75, 3.05) is 13.1 Å². The number of hydrogen-bond donors (Lipinski definition) is 1. The number of hydrogen-bond acceptors (Lipinski definition) is 6. The Labute approximate surface area is 209 Å². The Bertz CT molecular complexity index is 1240. The van der Waals surface area contributed by atoms with Crippen LogP contribution in [-0.4, -0.2) is 52.9 Å². The monoisotopic (exact) mass is 495 g/mol. The molecule has 0 spiro atoms. The summed E-state index contributed by atoms with van der Waals surface area (Å²) in [6.07, 6.45) is 6.52. The molecular weight excluding hydrogens is 464 g/mol. The zero-order valence-electron chi connectivity index (χ0n) is 20.6. The smallest absolute Gasteiger partial charge is 0.137 e. The first-order valence-electron chi connectivity index (χ1n) is 12.0. The van der Waals surface area contributed by atoms with E-state index in [2.05, 4.69) is 51.6 Å². The van der Waals surface area contributed by atoms with Crippen LogP contribution in [0.25, 0.3) is 0 Å². The molecule has 10 heteroatoms. The van der Waals surface area contributed by atoms with Crippen LogP contribution in [-0.2, 0) is 25.2 Å². The average molecular weight is 496 g/mol. The first-order valence-corrected chi connectivity index (χ1v) is 12.0. The van der Waals surface area contributed by atoms with Crippen LogP contribution >= 0.6 is 0 Å². The van der Waals surface area contributed by atoms with Gasteiger partial charge in [0.25, 0.3) is 0 Å². The number of aryl methyl sites for hydroxylation is 1. The van der Waals surface area contributed by atoms with Crippen LogP contribution in [0.1, 0.15) is 42.1 Å². The van der Waals surface area contributed by atoms with Gasteiger partial charge in [-0.1, -0.05) is 54.5 Å². The maximum atomic E-state index is 14.8. The Morgan fingerprint density at radius 3 is 2.58 bits per heavy atom. The largest absolute Gasteiger partial charge is 0.382 e. The lowest BCUT2D eigenvalue weighted by atomic mass is 9.92. The molecule has 190 valence electrons. The molecule has 0 aliphatic carbocycles. The average Bonchev–Trinajstić information content (AvgIpc) is 3.51. The van der Waals surface area contributed by atoms with Crippen molar-refractivity contribution < 1.29 is 13.9 Å². The van der Waals surface area contributed by atoms with E-state index in [1.807, 2.05) is 18.0 Å². The van der Waals surface area contributed by atoms with Gasteiger partial charge in [0, 0.05) is 24.7 Å². The van der Waals surface area contributed by atoms with Crippen LogP contribution in [0.15, 0.2) is 61.3 Å². The van der Waals surface area contributed by atoms with Crippen molar-refractivity contribution in [3.63, 3.8) is 0 Å². The molecule has 2 heterocycles. The fourth-order valence-electron chi connectivity index (χ4n) is 4.23. The van der Waals surface area contributed by atoms with Crippen molar-refractivity contribution in [3.05, 3.63) is 95.3 Å². The van der Waals surface area contributed by atoms with E-state index in [9.17, 15) is 13.9 Å². The summed E-state index contributed by atoms with van der Waals surface area (Å²) < 4.78 is 31.7. The molecule has 0 saturated carbocycles. The van der Waals surface area contributed by atoms with E-state index < -0.39 is 17.2 Å². The van der Waals surface area contributed by atoms with Crippen molar-refractivity contribution >= 4 is 0 Å². The molecule has 0 radical (unpaired) electrons. The number of rotatable bonds is 12. The van der Waals surface area contributed by atoms with Crippen molar-refractivity contribution in [3.8, 4) is 0 Å². The molecule has 36 heavy (non-hydrogen) atoms. The summed E-state index contributed by atoms with van der Waals surface area (Å²) in [5, 5.41) is 24.4. The van der Waals surface area contributed by atoms with Gasteiger partial charge in [0.15, 0.2) is 0 Å². The predicted octanol–water partition coefficient (Wildman–Crippen LogP) is 3.69. The third-order valence-electron chi connectivity index (χ3n) is 6.07. The van der Waals surface area contributed by atoms with Gasteiger partial charge in [-0.25, -0.2) is 23.1 Å². The lowest BCUT2D eigenvalue weighted by Gasteiger charge is -2.34. The molecule has 4 rings (SSSR count). The summed E-state index contributed by atoms with van der Waals surface area (Å²) in [6, 6.07) is 11.5. The van der Waals surface area contributed by atoms with Gasteiger partial charge >= 0.3 is 0 Å². The van der Waals surface area contributed by atoms with Crippen LogP contribution < -0.4 is 0 Å². The van der Waals surface area contributed by atoms with Gasteiger partial charge in [-0.2, -0.15) is 5.10 Å². The Morgan fingerprint density at radius 2 is 1.89 bits per heavy atom. The summed E-state index contributed by atoms with van der Waals surface area (Å²) in [7, 11) is 0. The fraction of sp³-hybridized carbons (Fsp3) is 0.385. The summed E-state index contributed by atoms with van der Waals surface area (Å²) in [4.78, 5) is 5.94. The lowest BCUT2D eigenvalue weighted by molar-refractivity contribution is -0.0242. The molecule has 1 unspecified atom stereocenters. The van der Waals surface area contributed by atoms with E-state index in [1.54, 1.807) is 4.68 Å². The third kappa shape index (κ3) is 6.58. The quantitative estimate of drug-likeness (QED) is 0.323. The van der Waals surface area contributed by atoms with Gasteiger partial charge in [0.2, 0.25) is 0 Å². The third-order valence-corrected chi connectivity index (χ3v) is 6.07. The lowest BCUT2D eigenvalue weighted by Crippen LogP contribution is -2.45. The molecule has 0 saturated heterocycles. The highest BCUT2D eigenvalue weighted by Gasteiger charge is 2.35. The van der Waals surface area contributed by atoms with Crippen molar-refractivity contribution in [2.24, 2.45) is 0 Å². The second-order valence-electron chi connectivity index (χ2n) is 9.21. The molecule has 0 fully saturated rings. The summed E-state index contributed by atoms with van der Waals surface area (Å²) in [5.74, 6) is -1.51. The number of benzene rings is 2. The van der Waals surface area contributed by atoms with Crippen molar-refractivity contribution in [1.29, 1.82) is 0 Å². The molecule has 0 bridgehead atoms. The van der Waals surface area contributed by atoms with Crippen LogP contribution in [0.2, 0.25) is 0 Å². The van der Waals surface area contributed by atoms with E-state index in [1.165, 1.54) is 29.0 Å². The maximum absolute atomic E-state index is 14.8. The molecule has 0 amide bonds. The molecule has 2 aromatic heterocycles. The number of nitrogens with zero attached hydrogens (tertiary/aromatic N) is 7. The minimum Gasteiger partial charge on any atom is -0.382 e. The summed E-state index contributed by atoms with van der Waals surface area (Å²) >= 11 is 0. The van der Waals surface area contributed by atoms with E-state index >= 15 is 0 Å². The number of unbranched alkanes of at least 4 members (excludes halogenated alkanes) is 1. The summed E-state index contributed by atoms with van der Waals surface area (Å²) in [6.45, 7) is 5.83. The van der Waals surface area contributed by atoms with E-state index in [-0.39, 0.29) is 18.7 Å². The predicted molar refractivity (Wildman–Crippen MR) is 131 cm³/mol. The van der Waals surface area contributed by atoms with Gasteiger partial charge in [-0.05, 0) is 31.5 Å². The number of aliphatic hydroxyl groups is 1. The molecular formula is C26H31F2N7O. The van der Waals surface area contributed by atoms with Crippen LogP contribution in [0.3, 0.4) is 0 Å². The van der Waals surface area contributed by atoms with Gasteiger partial charge in [0.05, 0.1) is 25.0 Å². The molecule has 8 nitrogen and oxygen atoms in total. The van der Waals surface area contributed by atoms with Crippen molar-refractivity contribution in [2.45, 2.75) is 51.9 Å². The minimum absolute atomic E-state index is 0.00363. The molecule has 1 N–H and O–H groups in total. The second kappa shape index (κ2) is 11.5. The van der Waals surface area contributed by atoms with E-state index in [0.29, 0.717) is 19.6 Å². The first-order chi connectivity index (χ1) is 17.3. The highest BCUT2D eigenvalue weighted by atomic mass is 19.1. The molecule has 4 aromatic rings. The van der Waals surface area contributed by atoms with Gasteiger partial charge < -0.3 is 5.11 Å². The number of halogens is 2. The van der Waals surface area contributed by atoms with Crippen LogP contribution in [0, 0.1) is 18.6 Å². The number of aromatic nitrogens is 6. The Balaban J connectivity index is 1.55. The fourth-order valence-corrected chi connectivity index (χ4v) is 4.23. The first kappa shape index (κ1) is 25.6. The highest BCUT2D eigenvalue weighted by Crippen LogP contribution is 2.28. The Morgan fingerprint density at radius 1 is 1.08 bits per heavy atom. The van der Waals surface area contributed by atoms with Gasteiger partial charge in [0.1, 0.15) is 29.9 Å². The molecule has 2 aromatic carbocycles. The standard InChI is InChI=1S/C26H31F2N7O/c1-3-4-11-33(14-23-15-34(32-31-23)13-21-7-5-20(2)6-8-21)16-26(36,17-35-19-29-18-30-35)24-10-9-22(27)12-25(24)28/h5-10,12,15,18-19,36H,3-4,11,13-14,16-17H2,1-2H3. The Hall–Kier alpha value is -3.50. The molecule has 1 atom stereocenters. The van der Waals surface area contributed by atoms with E-state index in [4.69, 9.17) is 0 Å². The molecule has 0 aliphatic heterocycles. The zero-order valence-corrected chi connectivity index (χ0v) is 20.6. The maximum Gasteiger partial charge on any atom is 0.137 e. The SMILES string of the molecule is CCCCN(Cc1cn(Cc2ccc(C)cc2)nn1)CC(O)(Cn1cncn1)c1ccc(F)cc1F.